The van der Waals surface area contributed by atoms with E-state index in [0.717, 1.165) is 11.8 Å². The van der Waals surface area contributed by atoms with E-state index in [1.54, 1.807) is 37.3 Å². The van der Waals surface area contributed by atoms with Gasteiger partial charge in [0, 0.05) is 23.6 Å². The first-order chi connectivity index (χ1) is 16.6. The molecule has 3 aromatic heterocycles. The number of imidazole rings is 1. The molecule has 4 rings (SSSR count). The van der Waals surface area contributed by atoms with Gasteiger partial charge in [-0.1, -0.05) is 11.6 Å². The van der Waals surface area contributed by atoms with Crippen LogP contribution in [0, 0.1) is 12.7 Å². The average molecular weight is 501 g/mol. The molecular formula is C24H25FN4O5S. The van der Waals surface area contributed by atoms with Crippen LogP contribution in [0.2, 0.25) is 0 Å². The topological polar surface area (TPSA) is 116 Å². The van der Waals surface area contributed by atoms with Crippen molar-refractivity contribution < 1.29 is 22.3 Å². The quantitative estimate of drug-likeness (QED) is 0.395. The van der Waals surface area contributed by atoms with Crippen molar-refractivity contribution in [2.45, 2.75) is 19.9 Å². The van der Waals surface area contributed by atoms with Gasteiger partial charge in [0.25, 0.3) is 5.88 Å². The van der Waals surface area contributed by atoms with E-state index in [-0.39, 0.29) is 11.5 Å². The molecule has 0 aliphatic carbocycles. The van der Waals surface area contributed by atoms with Crippen LogP contribution >= 0.6 is 0 Å². The van der Waals surface area contributed by atoms with Gasteiger partial charge in [0.15, 0.2) is 11.4 Å². The van der Waals surface area contributed by atoms with Crippen molar-refractivity contribution in [1.82, 2.24) is 19.5 Å². The van der Waals surface area contributed by atoms with Gasteiger partial charge in [-0.25, -0.2) is 27.6 Å². The van der Waals surface area contributed by atoms with E-state index in [1.165, 1.54) is 23.9 Å². The summed E-state index contributed by atoms with van der Waals surface area (Å²) in [6.07, 6.45) is 2.54. The number of fused-ring (bicyclic) bond motifs is 1. The molecule has 1 N–H and O–H groups in total. The molecule has 11 heteroatoms. The van der Waals surface area contributed by atoms with Crippen molar-refractivity contribution in [3.05, 3.63) is 70.2 Å². The normalized spacial score (nSPS) is 12.6. The number of aromatic nitrogens is 4. The first-order valence-corrected chi connectivity index (χ1v) is 12.9. The van der Waals surface area contributed by atoms with Gasteiger partial charge in [-0.2, -0.15) is 0 Å². The van der Waals surface area contributed by atoms with Crippen LogP contribution in [-0.4, -0.2) is 53.7 Å². The largest absolute Gasteiger partial charge is 0.491 e. The highest BCUT2D eigenvalue weighted by atomic mass is 32.2. The second-order valence-electron chi connectivity index (χ2n) is 8.16. The summed E-state index contributed by atoms with van der Waals surface area (Å²) in [5.41, 5.74) is 1.97. The Morgan fingerprint density at radius 1 is 1.20 bits per heavy atom. The number of methoxy groups -OCH3 is 1. The number of nitrogens with one attached hydrogen (secondary N) is 1. The van der Waals surface area contributed by atoms with Crippen molar-refractivity contribution in [2.24, 2.45) is 0 Å². The van der Waals surface area contributed by atoms with E-state index >= 15 is 0 Å². The van der Waals surface area contributed by atoms with Crippen molar-refractivity contribution in [3.8, 4) is 22.8 Å². The Hall–Kier alpha value is -3.73. The minimum atomic E-state index is -3.55. The number of nitrogens with zero attached hydrogens (tertiary/aromatic N) is 3. The number of rotatable bonds is 8. The molecule has 1 unspecified atom stereocenters. The average Bonchev–Trinajstić information content (AvgIpc) is 3.13. The number of ether oxygens (including phenoxy) is 2. The standard InChI is InChI=1S/C24H25FN4O5S/c1-5-34-23-21(33-3)9-8-18(27-23)20(13-35(4,31)32)29-22-19(28-24(29)30)11-15(12-26-22)16-10-14(2)6-7-17(16)25/h6-12,20H,5,13H2,1-4H3,(H,28,30). The summed E-state index contributed by atoms with van der Waals surface area (Å²) in [4.78, 5) is 24.6. The number of H-pyrrole nitrogens is 1. The zero-order valence-electron chi connectivity index (χ0n) is 19.7. The summed E-state index contributed by atoms with van der Waals surface area (Å²) in [6.45, 7) is 3.95. The van der Waals surface area contributed by atoms with Gasteiger partial charge in [-0.05, 0) is 44.2 Å². The Morgan fingerprint density at radius 3 is 2.66 bits per heavy atom. The van der Waals surface area contributed by atoms with Gasteiger partial charge >= 0.3 is 5.69 Å². The third-order valence-electron chi connectivity index (χ3n) is 5.45. The lowest BCUT2D eigenvalue weighted by atomic mass is 10.0. The predicted molar refractivity (Wildman–Crippen MR) is 130 cm³/mol. The number of halogens is 1. The summed E-state index contributed by atoms with van der Waals surface area (Å²) in [5, 5.41) is 0. The van der Waals surface area contributed by atoms with Crippen molar-refractivity contribution >= 4 is 21.0 Å². The van der Waals surface area contributed by atoms with E-state index in [1.807, 2.05) is 6.92 Å². The molecule has 0 saturated carbocycles. The molecule has 9 nitrogen and oxygen atoms in total. The molecule has 0 radical (unpaired) electrons. The van der Waals surface area contributed by atoms with Crippen LogP contribution < -0.4 is 15.2 Å². The molecule has 4 aromatic rings. The molecule has 3 heterocycles. The van der Waals surface area contributed by atoms with E-state index < -0.39 is 33.1 Å². The maximum Gasteiger partial charge on any atom is 0.328 e. The molecule has 0 fully saturated rings. The number of benzene rings is 1. The predicted octanol–water partition coefficient (Wildman–Crippen LogP) is 3.28. The van der Waals surface area contributed by atoms with Gasteiger partial charge < -0.3 is 14.5 Å². The lowest BCUT2D eigenvalue weighted by Crippen LogP contribution is -2.29. The van der Waals surface area contributed by atoms with Crippen molar-refractivity contribution in [2.75, 3.05) is 25.7 Å². The lowest BCUT2D eigenvalue weighted by molar-refractivity contribution is 0.296. The molecule has 0 spiro atoms. The first kappa shape index (κ1) is 24.4. The van der Waals surface area contributed by atoms with Crippen LogP contribution in [0.4, 0.5) is 4.39 Å². The maximum absolute atomic E-state index is 14.4. The van der Waals surface area contributed by atoms with Crippen LogP contribution in [0.3, 0.4) is 0 Å². The van der Waals surface area contributed by atoms with Crippen LogP contribution in [0.25, 0.3) is 22.3 Å². The fourth-order valence-corrected chi connectivity index (χ4v) is 4.81. The third kappa shape index (κ3) is 5.04. The Balaban J connectivity index is 1.89. The number of hydrogen-bond acceptors (Lipinski definition) is 7. The van der Waals surface area contributed by atoms with E-state index in [4.69, 9.17) is 9.47 Å². The van der Waals surface area contributed by atoms with Gasteiger partial charge in [-0.3, -0.25) is 4.57 Å². The van der Waals surface area contributed by atoms with Crippen molar-refractivity contribution in [3.63, 3.8) is 0 Å². The summed E-state index contributed by atoms with van der Waals surface area (Å²) < 4.78 is 51.1. The molecule has 1 atom stereocenters. The smallest absolute Gasteiger partial charge is 0.328 e. The number of aryl methyl sites for hydroxylation is 1. The SMILES string of the molecule is CCOc1nc(C(CS(C)(=O)=O)n2c(=O)[nH]c3cc(-c4cc(C)ccc4F)cnc32)ccc1OC. The van der Waals surface area contributed by atoms with E-state index in [2.05, 4.69) is 15.0 Å². The summed E-state index contributed by atoms with van der Waals surface area (Å²) in [7, 11) is -2.08. The minimum Gasteiger partial charge on any atom is -0.491 e. The Bertz CT molecular complexity index is 1560. The third-order valence-corrected chi connectivity index (χ3v) is 6.37. The molecular weight excluding hydrogens is 475 g/mol. The lowest BCUT2D eigenvalue weighted by Gasteiger charge is -2.19. The molecule has 0 bridgehead atoms. The zero-order chi connectivity index (χ0) is 25.3. The van der Waals surface area contributed by atoms with E-state index in [9.17, 15) is 17.6 Å². The van der Waals surface area contributed by atoms with Crippen LogP contribution in [-0.2, 0) is 9.84 Å². The first-order valence-electron chi connectivity index (χ1n) is 10.8. The van der Waals surface area contributed by atoms with E-state index in [0.29, 0.717) is 34.7 Å². The molecule has 0 saturated heterocycles. The fourth-order valence-electron chi connectivity index (χ4n) is 3.91. The highest BCUT2D eigenvalue weighted by Gasteiger charge is 2.27. The molecule has 0 amide bonds. The highest BCUT2D eigenvalue weighted by Crippen LogP contribution is 2.30. The van der Waals surface area contributed by atoms with Crippen LogP contribution in [0.1, 0.15) is 24.2 Å². The molecule has 35 heavy (non-hydrogen) atoms. The summed E-state index contributed by atoms with van der Waals surface area (Å²) >= 11 is 0. The number of aromatic amines is 1. The van der Waals surface area contributed by atoms with Gasteiger partial charge in [-0.15, -0.1) is 0 Å². The molecule has 0 aliphatic rings. The van der Waals surface area contributed by atoms with Gasteiger partial charge in [0.05, 0.1) is 36.7 Å². The zero-order valence-corrected chi connectivity index (χ0v) is 20.5. The molecule has 0 aliphatic heterocycles. The Kier molecular flexibility index (Phi) is 6.62. The number of sulfone groups is 1. The van der Waals surface area contributed by atoms with Gasteiger partial charge in [0.2, 0.25) is 0 Å². The fraction of sp³-hybridized carbons (Fsp3) is 0.292. The highest BCUT2D eigenvalue weighted by molar-refractivity contribution is 7.90. The molecule has 1 aromatic carbocycles. The minimum absolute atomic E-state index is 0.184. The molecule has 184 valence electrons. The number of pyridine rings is 2. The second-order valence-corrected chi connectivity index (χ2v) is 10.3. The summed E-state index contributed by atoms with van der Waals surface area (Å²) in [6, 6.07) is 8.53. The monoisotopic (exact) mass is 500 g/mol. The summed E-state index contributed by atoms with van der Waals surface area (Å²) in [5.74, 6) is -0.257. The Labute approximate surface area is 201 Å². The van der Waals surface area contributed by atoms with Crippen LogP contribution in [0.5, 0.6) is 11.6 Å². The van der Waals surface area contributed by atoms with Crippen LogP contribution in [0.15, 0.2) is 47.4 Å². The second kappa shape index (κ2) is 9.49. The number of hydrogen-bond donors (Lipinski definition) is 1. The Morgan fingerprint density at radius 2 is 1.97 bits per heavy atom. The van der Waals surface area contributed by atoms with Gasteiger partial charge in [0.1, 0.15) is 15.7 Å². The maximum atomic E-state index is 14.4. The van der Waals surface area contributed by atoms with Crippen molar-refractivity contribution in [1.29, 1.82) is 0 Å².